The fraction of sp³-hybridized carbons (Fsp3) is 0.400. The average molecular weight is 433 g/mol. The number of hydrogen-bond donors (Lipinski definition) is 0. The highest BCUT2D eigenvalue weighted by molar-refractivity contribution is 5.91. The molecule has 2 aliphatic rings. The van der Waals surface area contributed by atoms with Crippen LogP contribution in [0.2, 0.25) is 0 Å². The summed E-state index contributed by atoms with van der Waals surface area (Å²) in [5, 5.41) is 0. The van der Waals surface area contributed by atoms with Crippen LogP contribution in [-0.4, -0.2) is 40.4 Å². The van der Waals surface area contributed by atoms with Crippen LogP contribution in [0.15, 0.2) is 47.1 Å². The summed E-state index contributed by atoms with van der Waals surface area (Å²) in [6.07, 6.45) is 4.46. The average Bonchev–Trinajstić information content (AvgIpc) is 3.34. The smallest absolute Gasteiger partial charge is 0.289 e. The quantitative estimate of drug-likeness (QED) is 0.600. The van der Waals surface area contributed by atoms with Crippen molar-refractivity contribution >= 4 is 11.9 Å². The standard InChI is InChI=1S/C25H28N4O3/c1-17-8-11-28(12-9-17)25-26-21-10-13-29(24(30)22-7-4-14-31-22)16-20(21)23(27-25)32-19-6-3-5-18(2)15-19/h3-7,14-15,17H,8-13,16H2,1-2H3. The van der Waals surface area contributed by atoms with Gasteiger partial charge < -0.3 is 19.0 Å². The van der Waals surface area contributed by atoms with Gasteiger partial charge in [-0.25, -0.2) is 4.98 Å². The number of furan rings is 1. The molecule has 2 aliphatic heterocycles. The van der Waals surface area contributed by atoms with Crippen molar-refractivity contribution in [2.24, 2.45) is 5.92 Å². The Labute approximate surface area is 188 Å². The largest absolute Gasteiger partial charge is 0.459 e. The zero-order valence-electron chi connectivity index (χ0n) is 18.6. The van der Waals surface area contributed by atoms with E-state index >= 15 is 0 Å². The summed E-state index contributed by atoms with van der Waals surface area (Å²) in [4.78, 5) is 26.7. The molecule has 32 heavy (non-hydrogen) atoms. The summed E-state index contributed by atoms with van der Waals surface area (Å²) in [6, 6.07) is 11.3. The van der Waals surface area contributed by atoms with Gasteiger partial charge in [0.15, 0.2) is 5.76 Å². The van der Waals surface area contributed by atoms with Crippen molar-refractivity contribution in [2.45, 2.75) is 39.7 Å². The van der Waals surface area contributed by atoms with Gasteiger partial charge in [-0.1, -0.05) is 19.1 Å². The molecule has 0 unspecified atom stereocenters. The molecule has 0 atom stereocenters. The molecule has 3 aromatic rings. The predicted molar refractivity (Wildman–Crippen MR) is 121 cm³/mol. The fourth-order valence-electron chi connectivity index (χ4n) is 4.33. The van der Waals surface area contributed by atoms with Crippen LogP contribution in [0.5, 0.6) is 11.6 Å². The summed E-state index contributed by atoms with van der Waals surface area (Å²) < 4.78 is 11.6. The Hall–Kier alpha value is -3.35. The van der Waals surface area contributed by atoms with Crippen LogP contribution in [0, 0.1) is 12.8 Å². The van der Waals surface area contributed by atoms with Gasteiger partial charge in [0.05, 0.1) is 24.1 Å². The molecule has 5 rings (SSSR count). The minimum atomic E-state index is -0.128. The number of carbonyl (C=O) groups is 1. The molecule has 0 N–H and O–H groups in total. The number of amides is 1. The Morgan fingerprint density at radius 2 is 1.97 bits per heavy atom. The van der Waals surface area contributed by atoms with Gasteiger partial charge in [-0.15, -0.1) is 0 Å². The van der Waals surface area contributed by atoms with E-state index in [1.54, 1.807) is 17.0 Å². The lowest BCUT2D eigenvalue weighted by atomic mass is 9.99. The van der Waals surface area contributed by atoms with Gasteiger partial charge in [0, 0.05) is 26.1 Å². The molecule has 2 aromatic heterocycles. The highest BCUT2D eigenvalue weighted by Crippen LogP contribution is 2.33. The zero-order valence-corrected chi connectivity index (χ0v) is 18.6. The minimum Gasteiger partial charge on any atom is -0.459 e. The van der Waals surface area contributed by atoms with Gasteiger partial charge in [-0.3, -0.25) is 4.79 Å². The van der Waals surface area contributed by atoms with Crippen molar-refractivity contribution in [3.63, 3.8) is 0 Å². The molecule has 1 saturated heterocycles. The lowest BCUT2D eigenvalue weighted by Gasteiger charge is -2.33. The molecular weight excluding hydrogens is 404 g/mol. The van der Waals surface area contributed by atoms with E-state index < -0.39 is 0 Å². The third-order valence-corrected chi connectivity index (χ3v) is 6.30. The van der Waals surface area contributed by atoms with E-state index in [1.165, 1.54) is 6.26 Å². The zero-order chi connectivity index (χ0) is 22.1. The maximum atomic E-state index is 12.9. The Morgan fingerprint density at radius 1 is 1.12 bits per heavy atom. The SMILES string of the molecule is Cc1cccc(Oc2nc(N3CCC(C)CC3)nc3c2CN(C(=O)c2ccco2)CC3)c1. The van der Waals surface area contributed by atoms with E-state index in [4.69, 9.17) is 19.1 Å². The Morgan fingerprint density at radius 3 is 2.72 bits per heavy atom. The molecule has 7 heteroatoms. The van der Waals surface area contributed by atoms with Crippen LogP contribution in [0.25, 0.3) is 0 Å². The number of rotatable bonds is 4. The highest BCUT2D eigenvalue weighted by Gasteiger charge is 2.29. The monoisotopic (exact) mass is 432 g/mol. The lowest BCUT2D eigenvalue weighted by molar-refractivity contribution is 0.0699. The summed E-state index contributed by atoms with van der Waals surface area (Å²) in [7, 11) is 0. The van der Waals surface area contributed by atoms with Crippen LogP contribution in [0.3, 0.4) is 0 Å². The predicted octanol–water partition coefficient (Wildman–Crippen LogP) is 4.61. The van der Waals surface area contributed by atoms with Gasteiger partial charge in [-0.05, 0) is 55.5 Å². The number of aryl methyl sites for hydroxylation is 1. The van der Waals surface area contributed by atoms with Crippen LogP contribution in [0.4, 0.5) is 5.95 Å². The highest BCUT2D eigenvalue weighted by atomic mass is 16.5. The first kappa shape index (κ1) is 20.5. The number of nitrogens with zero attached hydrogens (tertiary/aromatic N) is 4. The van der Waals surface area contributed by atoms with Crippen molar-refractivity contribution < 1.29 is 13.9 Å². The van der Waals surface area contributed by atoms with E-state index in [-0.39, 0.29) is 5.91 Å². The van der Waals surface area contributed by atoms with E-state index in [2.05, 4.69) is 11.8 Å². The summed E-state index contributed by atoms with van der Waals surface area (Å²) in [6.45, 7) is 7.21. The number of anilines is 1. The normalized spacial score (nSPS) is 16.7. The number of hydrogen-bond acceptors (Lipinski definition) is 6. The van der Waals surface area contributed by atoms with Crippen molar-refractivity contribution in [3.8, 4) is 11.6 Å². The van der Waals surface area contributed by atoms with E-state index in [1.807, 2.05) is 31.2 Å². The number of carbonyl (C=O) groups excluding carboxylic acids is 1. The first-order valence-corrected chi connectivity index (χ1v) is 11.3. The van der Waals surface area contributed by atoms with Crippen LogP contribution < -0.4 is 9.64 Å². The van der Waals surface area contributed by atoms with Crippen molar-refractivity contribution in [3.05, 3.63) is 65.2 Å². The molecule has 1 fully saturated rings. The topological polar surface area (TPSA) is 71.7 Å². The second kappa shape index (κ2) is 8.65. The Balaban J connectivity index is 1.48. The van der Waals surface area contributed by atoms with Crippen molar-refractivity contribution in [1.82, 2.24) is 14.9 Å². The van der Waals surface area contributed by atoms with Gasteiger partial charge in [0.1, 0.15) is 5.75 Å². The molecule has 0 spiro atoms. The summed E-state index contributed by atoms with van der Waals surface area (Å²) in [5.74, 6) is 2.94. The second-order valence-electron chi connectivity index (χ2n) is 8.80. The minimum absolute atomic E-state index is 0.128. The number of piperidine rings is 1. The Bertz CT molecular complexity index is 1100. The van der Waals surface area contributed by atoms with Crippen LogP contribution in [-0.2, 0) is 13.0 Å². The lowest BCUT2D eigenvalue weighted by Crippen LogP contribution is -2.38. The molecule has 166 valence electrons. The molecule has 0 saturated carbocycles. The molecule has 4 heterocycles. The van der Waals surface area contributed by atoms with Gasteiger partial charge in [0.25, 0.3) is 5.91 Å². The van der Waals surface area contributed by atoms with Crippen LogP contribution >= 0.6 is 0 Å². The fourth-order valence-corrected chi connectivity index (χ4v) is 4.33. The first-order chi connectivity index (χ1) is 15.6. The van der Waals surface area contributed by atoms with Crippen molar-refractivity contribution in [1.29, 1.82) is 0 Å². The maximum absolute atomic E-state index is 12.9. The molecule has 1 aromatic carbocycles. The Kier molecular flexibility index (Phi) is 5.55. The maximum Gasteiger partial charge on any atom is 0.289 e. The van der Waals surface area contributed by atoms with Gasteiger partial charge >= 0.3 is 0 Å². The third-order valence-electron chi connectivity index (χ3n) is 6.30. The molecule has 0 radical (unpaired) electrons. The van der Waals surface area contributed by atoms with E-state index in [0.29, 0.717) is 31.2 Å². The number of fused-ring (bicyclic) bond motifs is 1. The summed E-state index contributed by atoms with van der Waals surface area (Å²) >= 11 is 0. The summed E-state index contributed by atoms with van der Waals surface area (Å²) in [5.41, 5.74) is 2.94. The third kappa shape index (κ3) is 4.20. The first-order valence-electron chi connectivity index (χ1n) is 11.3. The van der Waals surface area contributed by atoms with Gasteiger partial charge in [0.2, 0.25) is 11.8 Å². The number of benzene rings is 1. The molecule has 1 amide bonds. The van der Waals surface area contributed by atoms with Crippen LogP contribution in [0.1, 0.15) is 47.1 Å². The van der Waals surface area contributed by atoms with Crippen molar-refractivity contribution in [2.75, 3.05) is 24.5 Å². The number of ether oxygens (including phenoxy) is 1. The van der Waals surface area contributed by atoms with E-state index in [0.717, 1.165) is 60.4 Å². The number of aromatic nitrogens is 2. The van der Waals surface area contributed by atoms with Gasteiger partial charge in [-0.2, -0.15) is 4.98 Å². The van der Waals surface area contributed by atoms with E-state index in [9.17, 15) is 4.79 Å². The second-order valence-corrected chi connectivity index (χ2v) is 8.80. The molecule has 7 nitrogen and oxygen atoms in total. The molecule has 0 bridgehead atoms. The molecule has 0 aliphatic carbocycles. The molecular formula is C25H28N4O3.